The SMILES string of the molecule is CC(Nc1c(Br)cc(Br)cc1Br)c1ccc(F)cc1Cl. The molecule has 2 aromatic carbocycles. The Morgan fingerprint density at radius 3 is 2.25 bits per heavy atom. The van der Waals surface area contributed by atoms with Crippen molar-refractivity contribution in [2.24, 2.45) is 0 Å². The summed E-state index contributed by atoms with van der Waals surface area (Å²) in [6.45, 7) is 1.97. The summed E-state index contributed by atoms with van der Waals surface area (Å²) in [6.07, 6.45) is 0. The molecular formula is C14H10Br3ClFN. The van der Waals surface area contributed by atoms with Crippen LogP contribution in [0.3, 0.4) is 0 Å². The van der Waals surface area contributed by atoms with Crippen molar-refractivity contribution in [2.45, 2.75) is 13.0 Å². The van der Waals surface area contributed by atoms with Gasteiger partial charge in [0.2, 0.25) is 0 Å². The monoisotopic (exact) mass is 483 g/mol. The zero-order valence-corrected chi connectivity index (χ0v) is 15.9. The van der Waals surface area contributed by atoms with Crippen LogP contribution >= 0.6 is 59.4 Å². The molecule has 1 atom stereocenters. The summed E-state index contributed by atoms with van der Waals surface area (Å²) in [6, 6.07) is 8.26. The lowest BCUT2D eigenvalue weighted by Gasteiger charge is -2.19. The van der Waals surface area contributed by atoms with Crippen molar-refractivity contribution < 1.29 is 4.39 Å². The molecule has 0 spiro atoms. The summed E-state index contributed by atoms with van der Waals surface area (Å²) in [5.41, 5.74) is 1.76. The van der Waals surface area contributed by atoms with Gasteiger partial charge in [-0.05, 0) is 68.6 Å². The summed E-state index contributed by atoms with van der Waals surface area (Å²) in [5, 5.41) is 3.77. The van der Waals surface area contributed by atoms with E-state index in [0.29, 0.717) is 5.02 Å². The minimum atomic E-state index is -0.336. The molecule has 6 heteroatoms. The van der Waals surface area contributed by atoms with Gasteiger partial charge in [-0.1, -0.05) is 33.6 Å². The van der Waals surface area contributed by atoms with Crippen molar-refractivity contribution >= 4 is 65.1 Å². The van der Waals surface area contributed by atoms with E-state index in [9.17, 15) is 4.39 Å². The lowest BCUT2D eigenvalue weighted by Crippen LogP contribution is -2.08. The fraction of sp³-hybridized carbons (Fsp3) is 0.143. The van der Waals surface area contributed by atoms with E-state index in [2.05, 4.69) is 53.1 Å². The Labute approximate surface area is 147 Å². The van der Waals surface area contributed by atoms with Crippen LogP contribution in [0.15, 0.2) is 43.7 Å². The van der Waals surface area contributed by atoms with E-state index in [1.165, 1.54) is 12.1 Å². The van der Waals surface area contributed by atoms with Gasteiger partial charge in [-0.15, -0.1) is 0 Å². The Morgan fingerprint density at radius 1 is 1.10 bits per heavy atom. The highest BCUT2D eigenvalue weighted by Gasteiger charge is 2.14. The van der Waals surface area contributed by atoms with Gasteiger partial charge in [-0.3, -0.25) is 0 Å². The number of hydrogen-bond acceptors (Lipinski definition) is 1. The van der Waals surface area contributed by atoms with Crippen LogP contribution in [0.25, 0.3) is 0 Å². The highest BCUT2D eigenvalue weighted by atomic mass is 79.9. The summed E-state index contributed by atoms with van der Waals surface area (Å²) >= 11 is 16.5. The Balaban J connectivity index is 2.30. The first-order chi connectivity index (χ1) is 9.38. The fourth-order valence-corrected chi connectivity index (χ4v) is 4.65. The van der Waals surface area contributed by atoms with Gasteiger partial charge in [0.15, 0.2) is 0 Å². The highest BCUT2D eigenvalue weighted by molar-refractivity contribution is 9.11. The van der Waals surface area contributed by atoms with Crippen molar-refractivity contribution in [3.8, 4) is 0 Å². The van der Waals surface area contributed by atoms with Crippen LogP contribution in [0.1, 0.15) is 18.5 Å². The van der Waals surface area contributed by atoms with Crippen LogP contribution < -0.4 is 5.32 Å². The molecule has 0 aliphatic carbocycles. The van der Waals surface area contributed by atoms with Crippen LogP contribution in [0.4, 0.5) is 10.1 Å². The first kappa shape index (κ1) is 16.3. The Morgan fingerprint density at radius 2 is 1.70 bits per heavy atom. The number of halogens is 5. The second-order valence-corrected chi connectivity index (χ2v) is 7.31. The average molecular weight is 486 g/mol. The number of anilines is 1. The van der Waals surface area contributed by atoms with Crippen molar-refractivity contribution in [1.29, 1.82) is 0 Å². The first-order valence-corrected chi connectivity index (χ1v) is 8.50. The van der Waals surface area contributed by atoms with E-state index in [0.717, 1.165) is 24.7 Å². The van der Waals surface area contributed by atoms with Gasteiger partial charge in [0.05, 0.1) is 11.7 Å². The van der Waals surface area contributed by atoms with Crippen LogP contribution in [0, 0.1) is 5.82 Å². The van der Waals surface area contributed by atoms with Crippen LogP contribution in [-0.4, -0.2) is 0 Å². The fourth-order valence-electron chi connectivity index (χ4n) is 1.83. The maximum absolute atomic E-state index is 13.1. The molecule has 0 bridgehead atoms. The quantitative estimate of drug-likeness (QED) is 0.496. The molecule has 0 fully saturated rings. The third-order valence-electron chi connectivity index (χ3n) is 2.80. The van der Waals surface area contributed by atoms with Gasteiger partial charge in [-0.25, -0.2) is 4.39 Å². The summed E-state index contributed by atoms with van der Waals surface area (Å²) in [7, 11) is 0. The van der Waals surface area contributed by atoms with E-state index in [1.807, 2.05) is 19.1 Å². The molecule has 106 valence electrons. The predicted molar refractivity (Wildman–Crippen MR) is 93.0 cm³/mol. The summed E-state index contributed by atoms with van der Waals surface area (Å²) in [4.78, 5) is 0. The number of rotatable bonds is 3. The van der Waals surface area contributed by atoms with Crippen molar-refractivity contribution in [3.05, 3.63) is 60.2 Å². The molecule has 0 aromatic heterocycles. The smallest absolute Gasteiger partial charge is 0.124 e. The first-order valence-electron chi connectivity index (χ1n) is 5.74. The molecule has 0 heterocycles. The molecule has 1 nitrogen and oxygen atoms in total. The van der Waals surface area contributed by atoms with E-state index >= 15 is 0 Å². The molecule has 0 radical (unpaired) electrons. The third kappa shape index (κ3) is 3.75. The minimum absolute atomic E-state index is 0.0584. The van der Waals surface area contributed by atoms with Crippen LogP contribution in [0.2, 0.25) is 5.02 Å². The molecule has 0 aliphatic rings. The minimum Gasteiger partial charge on any atom is -0.377 e. The van der Waals surface area contributed by atoms with Gasteiger partial charge in [0.25, 0.3) is 0 Å². The second kappa shape index (κ2) is 6.77. The number of hydrogen-bond donors (Lipinski definition) is 1. The number of benzene rings is 2. The highest BCUT2D eigenvalue weighted by Crippen LogP contribution is 2.37. The molecule has 1 N–H and O–H groups in total. The standard InChI is InChI=1S/C14H10Br3ClFN/c1-7(10-3-2-9(19)6-13(10)18)20-14-11(16)4-8(15)5-12(14)17/h2-7,20H,1H3. The van der Waals surface area contributed by atoms with Gasteiger partial charge in [0.1, 0.15) is 5.82 Å². The lowest BCUT2D eigenvalue weighted by molar-refractivity contribution is 0.626. The largest absolute Gasteiger partial charge is 0.377 e. The van der Waals surface area contributed by atoms with Gasteiger partial charge < -0.3 is 5.32 Å². The van der Waals surface area contributed by atoms with Gasteiger partial charge >= 0.3 is 0 Å². The van der Waals surface area contributed by atoms with E-state index in [4.69, 9.17) is 11.6 Å². The second-order valence-electron chi connectivity index (χ2n) is 4.28. The van der Waals surface area contributed by atoms with E-state index in [-0.39, 0.29) is 11.9 Å². The molecule has 0 aliphatic heterocycles. The van der Waals surface area contributed by atoms with Crippen molar-refractivity contribution in [1.82, 2.24) is 0 Å². The van der Waals surface area contributed by atoms with Crippen molar-refractivity contribution in [3.63, 3.8) is 0 Å². The number of nitrogens with one attached hydrogen (secondary N) is 1. The van der Waals surface area contributed by atoms with Crippen LogP contribution in [0.5, 0.6) is 0 Å². The molecule has 0 saturated heterocycles. The normalized spacial score (nSPS) is 12.3. The molecule has 0 amide bonds. The van der Waals surface area contributed by atoms with E-state index in [1.54, 1.807) is 6.07 Å². The summed E-state index contributed by atoms with van der Waals surface area (Å²) in [5.74, 6) is -0.336. The average Bonchev–Trinajstić information content (AvgIpc) is 2.33. The van der Waals surface area contributed by atoms with Gasteiger partial charge in [-0.2, -0.15) is 0 Å². The van der Waals surface area contributed by atoms with Crippen LogP contribution in [-0.2, 0) is 0 Å². The lowest BCUT2D eigenvalue weighted by atomic mass is 10.1. The topological polar surface area (TPSA) is 12.0 Å². The molecule has 1 unspecified atom stereocenters. The van der Waals surface area contributed by atoms with Gasteiger partial charge in [0, 0.05) is 18.4 Å². The molecule has 0 saturated carbocycles. The Kier molecular flexibility index (Phi) is 5.51. The molecule has 2 rings (SSSR count). The van der Waals surface area contributed by atoms with E-state index < -0.39 is 0 Å². The van der Waals surface area contributed by atoms with Crippen molar-refractivity contribution in [2.75, 3.05) is 5.32 Å². The maximum atomic E-state index is 13.1. The molecular weight excluding hydrogens is 476 g/mol. The predicted octanol–water partition coefficient (Wildman–Crippen LogP) is 6.94. The summed E-state index contributed by atoms with van der Waals surface area (Å²) < 4.78 is 15.9. The maximum Gasteiger partial charge on any atom is 0.124 e. The molecule has 20 heavy (non-hydrogen) atoms. The Hall–Kier alpha value is -0.100. The zero-order chi connectivity index (χ0) is 14.9. The zero-order valence-electron chi connectivity index (χ0n) is 10.4. The molecule has 2 aromatic rings. The third-order valence-corrected chi connectivity index (χ3v) is 4.83. The Bertz CT molecular complexity index is 625.